The monoisotopic (exact) mass is 387 g/mol. The number of aliphatic hydroxyl groups excluding tert-OH is 1. The predicted octanol–water partition coefficient (Wildman–Crippen LogP) is 3.48. The van der Waals surface area contributed by atoms with E-state index >= 15 is 0 Å². The Morgan fingerprint density at radius 1 is 1.33 bits per heavy atom. The predicted molar refractivity (Wildman–Crippen MR) is 99.3 cm³/mol. The number of halogens is 2. The van der Waals surface area contributed by atoms with E-state index < -0.39 is 30.4 Å². The second-order valence-electron chi connectivity index (χ2n) is 6.98. The molecule has 154 valence electrons. The highest BCUT2D eigenvalue weighted by molar-refractivity contribution is 5.86. The van der Waals surface area contributed by atoms with E-state index in [4.69, 9.17) is 0 Å². The molecule has 5 nitrogen and oxygen atoms in total. The van der Waals surface area contributed by atoms with Gasteiger partial charge in [-0.3, -0.25) is 9.59 Å². The van der Waals surface area contributed by atoms with Crippen LogP contribution in [0.4, 0.5) is 8.78 Å². The maximum atomic E-state index is 13.8. The van der Waals surface area contributed by atoms with Gasteiger partial charge >= 0.3 is 11.9 Å². The quantitative estimate of drug-likeness (QED) is 0.335. The molecule has 0 radical (unpaired) electrons. The number of hydrogen-bond acceptors (Lipinski definition) is 4. The van der Waals surface area contributed by atoms with Crippen LogP contribution in [0.25, 0.3) is 0 Å². The molecule has 7 heteroatoms. The molecule has 0 unspecified atom stereocenters. The number of amides is 1. The zero-order chi connectivity index (χ0) is 20.4. The van der Waals surface area contributed by atoms with Gasteiger partial charge in [0.2, 0.25) is 0 Å². The van der Waals surface area contributed by atoms with Crippen molar-refractivity contribution >= 4 is 11.9 Å². The first kappa shape index (κ1) is 23.3. The summed E-state index contributed by atoms with van der Waals surface area (Å²) in [5.41, 5.74) is 0. The minimum absolute atomic E-state index is 0.132. The third-order valence-electron chi connectivity index (χ3n) is 4.76. The van der Waals surface area contributed by atoms with Gasteiger partial charge in [-0.1, -0.05) is 44.1 Å². The molecule has 1 amide bonds. The lowest BCUT2D eigenvalue weighted by atomic mass is 10.0. The maximum Gasteiger partial charge on any atom is 0.327 e. The highest BCUT2D eigenvalue weighted by Crippen LogP contribution is 2.34. The number of esters is 1. The third-order valence-corrected chi connectivity index (χ3v) is 4.76. The summed E-state index contributed by atoms with van der Waals surface area (Å²) in [5, 5.41) is 10.1. The summed E-state index contributed by atoms with van der Waals surface area (Å²) >= 11 is 0. The van der Waals surface area contributed by atoms with Crippen LogP contribution in [0.2, 0.25) is 0 Å². The number of rotatable bonds is 11. The van der Waals surface area contributed by atoms with E-state index in [0.717, 1.165) is 12.8 Å². The van der Waals surface area contributed by atoms with Crippen molar-refractivity contribution in [1.82, 2.24) is 4.90 Å². The van der Waals surface area contributed by atoms with E-state index in [9.17, 15) is 23.5 Å². The molecule has 0 aromatic carbocycles. The van der Waals surface area contributed by atoms with Gasteiger partial charge in [0.15, 0.2) is 0 Å². The smallest absolute Gasteiger partial charge is 0.327 e. The van der Waals surface area contributed by atoms with Crippen LogP contribution in [0.1, 0.15) is 52.4 Å². The summed E-state index contributed by atoms with van der Waals surface area (Å²) in [6.07, 6.45) is 8.42. The van der Waals surface area contributed by atoms with Gasteiger partial charge in [0, 0.05) is 25.3 Å². The van der Waals surface area contributed by atoms with Crippen LogP contribution >= 0.6 is 0 Å². The van der Waals surface area contributed by atoms with Gasteiger partial charge in [-0.15, -0.1) is 0 Å². The van der Waals surface area contributed by atoms with Gasteiger partial charge in [0.05, 0.1) is 19.3 Å². The van der Waals surface area contributed by atoms with E-state index in [1.54, 1.807) is 0 Å². The number of allylic oxidation sites excluding steroid dienone is 1. The molecule has 1 aliphatic heterocycles. The molecule has 1 fully saturated rings. The van der Waals surface area contributed by atoms with Gasteiger partial charge in [0.25, 0.3) is 5.91 Å². The first-order chi connectivity index (χ1) is 12.7. The Hall–Kier alpha value is -1.76. The largest absolute Gasteiger partial charge is 0.469 e. The Bertz CT molecular complexity index is 548. The van der Waals surface area contributed by atoms with Crippen LogP contribution in [0, 0.1) is 5.92 Å². The van der Waals surface area contributed by atoms with Gasteiger partial charge in [-0.25, -0.2) is 0 Å². The lowest BCUT2D eigenvalue weighted by molar-refractivity contribution is -0.148. The molecule has 3 atom stereocenters. The second-order valence-corrected chi connectivity index (χ2v) is 6.98. The molecule has 1 heterocycles. The second kappa shape index (κ2) is 11.2. The molecule has 0 bridgehead atoms. The van der Waals surface area contributed by atoms with Crippen LogP contribution in [0.15, 0.2) is 24.3 Å². The van der Waals surface area contributed by atoms with E-state index in [-0.39, 0.29) is 18.4 Å². The minimum Gasteiger partial charge on any atom is -0.469 e. The van der Waals surface area contributed by atoms with Crippen molar-refractivity contribution in [1.29, 1.82) is 0 Å². The Morgan fingerprint density at radius 2 is 2.00 bits per heavy atom. The lowest BCUT2D eigenvalue weighted by Crippen LogP contribution is -2.36. The van der Waals surface area contributed by atoms with Gasteiger partial charge in [-0.05, 0) is 19.8 Å². The summed E-state index contributed by atoms with van der Waals surface area (Å²) < 4.78 is 32.3. The molecule has 1 saturated heterocycles. The van der Waals surface area contributed by atoms with Crippen LogP contribution in [-0.2, 0) is 14.3 Å². The fourth-order valence-electron chi connectivity index (χ4n) is 3.10. The minimum atomic E-state index is -3.36. The molecular weight excluding hydrogens is 356 g/mol. The summed E-state index contributed by atoms with van der Waals surface area (Å²) in [6.45, 7) is 3.91. The topological polar surface area (TPSA) is 66.8 Å². The summed E-state index contributed by atoms with van der Waals surface area (Å²) in [4.78, 5) is 24.2. The summed E-state index contributed by atoms with van der Waals surface area (Å²) in [5.74, 6) is -4.91. The van der Waals surface area contributed by atoms with Crippen LogP contribution in [0.5, 0.6) is 0 Å². The normalized spacial score (nSPS) is 21.9. The van der Waals surface area contributed by atoms with Gasteiger partial charge in [-0.2, -0.15) is 8.78 Å². The Labute approximate surface area is 160 Å². The van der Waals surface area contributed by atoms with Crippen molar-refractivity contribution in [3.8, 4) is 0 Å². The van der Waals surface area contributed by atoms with Crippen molar-refractivity contribution in [2.24, 2.45) is 5.92 Å². The van der Waals surface area contributed by atoms with Crippen molar-refractivity contribution in [2.45, 2.75) is 70.4 Å². The number of unbranched alkanes of at least 4 members (excludes halogenated alkanes) is 3. The molecule has 0 aromatic heterocycles. The van der Waals surface area contributed by atoms with Crippen molar-refractivity contribution in [3.05, 3.63) is 24.3 Å². The Balaban J connectivity index is 2.55. The number of carbonyl (C=O) groups excluding carboxylic acids is 2. The Morgan fingerprint density at radius 3 is 2.63 bits per heavy atom. The highest BCUT2D eigenvalue weighted by atomic mass is 19.3. The van der Waals surface area contributed by atoms with Crippen molar-refractivity contribution in [3.63, 3.8) is 0 Å². The van der Waals surface area contributed by atoms with Crippen LogP contribution < -0.4 is 0 Å². The van der Waals surface area contributed by atoms with Crippen LogP contribution in [-0.4, -0.2) is 53.6 Å². The maximum absolute atomic E-state index is 13.8. The SMILES string of the molecule is C/C=C/[C@H](C)[C@@H](O)/C=C/[C@H]1CC(F)(F)C(=O)N1CCCCCCC(=O)OC. The van der Waals surface area contributed by atoms with Crippen LogP contribution in [0.3, 0.4) is 0 Å². The third kappa shape index (κ3) is 7.40. The fraction of sp³-hybridized carbons (Fsp3) is 0.700. The highest BCUT2D eigenvalue weighted by Gasteiger charge is 2.52. The molecule has 0 aromatic rings. The first-order valence-corrected chi connectivity index (χ1v) is 9.47. The van der Waals surface area contributed by atoms with Gasteiger partial charge < -0.3 is 14.7 Å². The molecule has 0 spiro atoms. The number of hydrogen-bond donors (Lipinski definition) is 1. The number of likely N-dealkylation sites (tertiary alicyclic amines) is 1. The summed E-state index contributed by atoms with van der Waals surface area (Å²) in [6, 6.07) is -0.713. The van der Waals surface area contributed by atoms with E-state index in [0.29, 0.717) is 19.3 Å². The average Bonchev–Trinajstić information content (AvgIpc) is 2.85. The number of carbonyl (C=O) groups is 2. The molecule has 0 saturated carbocycles. The van der Waals surface area contributed by atoms with E-state index in [2.05, 4.69) is 4.74 Å². The molecule has 1 rings (SSSR count). The lowest BCUT2D eigenvalue weighted by Gasteiger charge is -2.22. The molecule has 0 aliphatic carbocycles. The number of nitrogens with zero attached hydrogens (tertiary/aromatic N) is 1. The number of aliphatic hydroxyl groups is 1. The number of ether oxygens (including phenoxy) is 1. The molecule has 1 aliphatic rings. The van der Waals surface area contributed by atoms with Gasteiger partial charge in [0.1, 0.15) is 0 Å². The fourth-order valence-corrected chi connectivity index (χ4v) is 3.10. The average molecular weight is 387 g/mol. The number of methoxy groups -OCH3 is 1. The zero-order valence-electron chi connectivity index (χ0n) is 16.4. The first-order valence-electron chi connectivity index (χ1n) is 9.47. The van der Waals surface area contributed by atoms with E-state index in [1.165, 1.54) is 24.2 Å². The molecule has 27 heavy (non-hydrogen) atoms. The van der Waals surface area contributed by atoms with Crippen molar-refractivity contribution in [2.75, 3.05) is 13.7 Å². The zero-order valence-corrected chi connectivity index (χ0v) is 16.4. The van der Waals surface area contributed by atoms with Crippen molar-refractivity contribution < 1.29 is 28.2 Å². The standard InChI is InChI=1S/C20H31F2NO4/c1-4-9-15(2)17(24)12-11-16-14-20(21,22)19(26)23(16)13-8-6-5-7-10-18(25)27-3/h4,9,11-12,15-17,24H,5-8,10,13-14H2,1-3H3/b9-4+,12-11+/t15-,16-,17-/m0/s1. The molecular formula is C20H31F2NO4. The summed E-state index contributed by atoms with van der Waals surface area (Å²) in [7, 11) is 1.34. The Kier molecular flexibility index (Phi) is 9.63. The molecule has 1 N–H and O–H groups in total. The number of alkyl halides is 2. The van der Waals surface area contributed by atoms with E-state index in [1.807, 2.05) is 26.0 Å².